The predicted octanol–water partition coefficient (Wildman–Crippen LogP) is 4.76. The van der Waals surface area contributed by atoms with Crippen LogP contribution in [0.3, 0.4) is 0 Å². The van der Waals surface area contributed by atoms with Gasteiger partial charge in [-0.15, -0.1) is 0 Å². The van der Waals surface area contributed by atoms with Crippen LogP contribution in [0.2, 0.25) is 10.0 Å². The van der Waals surface area contributed by atoms with Crippen molar-refractivity contribution in [2.24, 2.45) is 5.10 Å². The summed E-state index contributed by atoms with van der Waals surface area (Å²) in [5.74, 6) is 0. The summed E-state index contributed by atoms with van der Waals surface area (Å²) in [6, 6.07) is 15.5. The Balaban J connectivity index is 2.24. The van der Waals surface area contributed by atoms with E-state index in [-0.39, 0.29) is 0 Å². The zero-order valence-corrected chi connectivity index (χ0v) is 14.2. The van der Waals surface area contributed by atoms with Gasteiger partial charge in [-0.2, -0.15) is 5.10 Å². The molecular weight excluding hydrogens is 317 g/mol. The molecule has 0 fully saturated rings. The molecule has 0 aliphatic carbocycles. The molecule has 2 aromatic rings. The van der Waals surface area contributed by atoms with E-state index in [9.17, 15) is 0 Å². The summed E-state index contributed by atoms with van der Waals surface area (Å²) in [4.78, 5) is 2.13. The van der Waals surface area contributed by atoms with Crippen molar-refractivity contribution in [3.63, 3.8) is 0 Å². The quantitative estimate of drug-likeness (QED) is 0.608. The van der Waals surface area contributed by atoms with Gasteiger partial charge in [0.25, 0.3) is 0 Å². The first-order valence-electron chi connectivity index (χ1n) is 7.04. The standard InChI is InChI=1S/C17H19Cl2N3/c1-22(2)12-11-16(13-7-4-3-5-8-13)20-21-17-14(18)9-6-10-15(17)19/h3-10,21H,11-12H2,1-2H3. The topological polar surface area (TPSA) is 27.6 Å². The van der Waals surface area contributed by atoms with E-state index >= 15 is 0 Å². The molecule has 0 saturated carbocycles. The smallest absolute Gasteiger partial charge is 0.0934 e. The van der Waals surface area contributed by atoms with Gasteiger partial charge in [-0.3, -0.25) is 5.43 Å². The van der Waals surface area contributed by atoms with Gasteiger partial charge >= 0.3 is 0 Å². The highest BCUT2D eigenvalue weighted by molar-refractivity contribution is 6.39. The SMILES string of the molecule is CN(C)CCC(=NNc1c(Cl)cccc1Cl)c1ccccc1. The lowest BCUT2D eigenvalue weighted by Gasteiger charge is -2.13. The molecule has 0 bridgehead atoms. The van der Waals surface area contributed by atoms with Crippen LogP contribution >= 0.6 is 23.2 Å². The summed E-state index contributed by atoms with van der Waals surface area (Å²) in [5.41, 5.74) is 5.68. The summed E-state index contributed by atoms with van der Waals surface area (Å²) >= 11 is 12.3. The molecule has 22 heavy (non-hydrogen) atoms. The Labute approximate surface area is 141 Å². The van der Waals surface area contributed by atoms with Crippen molar-refractivity contribution in [1.82, 2.24) is 4.90 Å². The van der Waals surface area contributed by atoms with E-state index in [1.165, 1.54) is 0 Å². The maximum Gasteiger partial charge on any atom is 0.0934 e. The van der Waals surface area contributed by atoms with Crippen molar-refractivity contribution < 1.29 is 0 Å². The van der Waals surface area contributed by atoms with Crippen molar-refractivity contribution in [3.05, 3.63) is 64.1 Å². The van der Waals surface area contributed by atoms with Crippen LogP contribution in [0.5, 0.6) is 0 Å². The Bertz CT molecular complexity index is 619. The number of hydrogen-bond donors (Lipinski definition) is 1. The lowest BCUT2D eigenvalue weighted by atomic mass is 10.1. The molecule has 0 amide bonds. The Morgan fingerprint density at radius 2 is 1.64 bits per heavy atom. The highest BCUT2D eigenvalue weighted by Gasteiger charge is 2.07. The number of hydrazone groups is 1. The molecule has 3 nitrogen and oxygen atoms in total. The average molecular weight is 336 g/mol. The van der Waals surface area contributed by atoms with Crippen LogP contribution < -0.4 is 5.43 Å². The van der Waals surface area contributed by atoms with Crippen LogP contribution in [0, 0.1) is 0 Å². The zero-order valence-electron chi connectivity index (χ0n) is 12.7. The minimum absolute atomic E-state index is 0.552. The van der Waals surface area contributed by atoms with Gasteiger partial charge in [-0.25, -0.2) is 0 Å². The normalized spacial score (nSPS) is 11.8. The van der Waals surface area contributed by atoms with E-state index in [2.05, 4.69) is 15.4 Å². The van der Waals surface area contributed by atoms with Crippen molar-refractivity contribution in [2.45, 2.75) is 6.42 Å². The van der Waals surface area contributed by atoms with E-state index < -0.39 is 0 Å². The van der Waals surface area contributed by atoms with Gasteiger partial charge in [0, 0.05) is 13.0 Å². The van der Waals surface area contributed by atoms with Crippen LogP contribution in [-0.4, -0.2) is 31.3 Å². The number of hydrogen-bond acceptors (Lipinski definition) is 3. The average Bonchev–Trinajstić information content (AvgIpc) is 2.50. The van der Waals surface area contributed by atoms with Gasteiger partial charge in [-0.1, -0.05) is 59.6 Å². The molecule has 0 saturated heterocycles. The molecule has 1 N–H and O–H groups in total. The second-order valence-corrected chi connectivity index (χ2v) is 6.00. The summed E-state index contributed by atoms with van der Waals surface area (Å²) in [7, 11) is 4.09. The number of benzene rings is 2. The monoisotopic (exact) mass is 335 g/mol. The number of anilines is 1. The Morgan fingerprint density at radius 3 is 2.23 bits per heavy atom. The molecule has 0 unspecified atom stereocenters. The van der Waals surface area contributed by atoms with Crippen molar-refractivity contribution in [3.8, 4) is 0 Å². The third-order valence-corrected chi connectivity index (χ3v) is 3.80. The number of nitrogens with one attached hydrogen (secondary N) is 1. The van der Waals surface area contributed by atoms with E-state index in [0.717, 1.165) is 24.2 Å². The fraction of sp³-hybridized carbons (Fsp3) is 0.235. The van der Waals surface area contributed by atoms with Crippen LogP contribution in [0.1, 0.15) is 12.0 Å². The second kappa shape index (κ2) is 8.18. The lowest BCUT2D eigenvalue weighted by molar-refractivity contribution is 0.422. The highest BCUT2D eigenvalue weighted by Crippen LogP contribution is 2.29. The van der Waals surface area contributed by atoms with Gasteiger partial charge in [0.15, 0.2) is 0 Å². The lowest BCUT2D eigenvalue weighted by Crippen LogP contribution is -2.18. The number of rotatable bonds is 6. The third kappa shape index (κ3) is 4.73. The molecule has 2 aromatic carbocycles. The first kappa shape index (κ1) is 16.8. The van der Waals surface area contributed by atoms with E-state index in [1.807, 2.05) is 50.5 Å². The van der Waals surface area contributed by atoms with Crippen molar-refractivity contribution in [1.29, 1.82) is 0 Å². The first-order chi connectivity index (χ1) is 10.6. The zero-order chi connectivity index (χ0) is 15.9. The van der Waals surface area contributed by atoms with Crippen LogP contribution in [0.15, 0.2) is 53.6 Å². The fourth-order valence-corrected chi connectivity index (χ4v) is 2.43. The second-order valence-electron chi connectivity index (χ2n) is 5.19. The molecular formula is C17H19Cl2N3. The van der Waals surface area contributed by atoms with Crippen LogP contribution in [-0.2, 0) is 0 Å². The Morgan fingerprint density at radius 1 is 1.00 bits per heavy atom. The molecule has 5 heteroatoms. The minimum Gasteiger partial charge on any atom is -0.309 e. The molecule has 2 rings (SSSR count). The number of para-hydroxylation sites is 1. The van der Waals surface area contributed by atoms with Gasteiger partial charge in [0.05, 0.1) is 21.4 Å². The number of nitrogens with zero attached hydrogens (tertiary/aromatic N) is 2. The van der Waals surface area contributed by atoms with Crippen LogP contribution in [0.25, 0.3) is 0 Å². The summed E-state index contributed by atoms with van der Waals surface area (Å²) in [5, 5.41) is 5.63. The highest BCUT2D eigenvalue weighted by atomic mass is 35.5. The summed E-state index contributed by atoms with van der Waals surface area (Å²) < 4.78 is 0. The third-order valence-electron chi connectivity index (χ3n) is 3.17. The summed E-state index contributed by atoms with van der Waals surface area (Å²) in [6.45, 7) is 0.908. The van der Waals surface area contributed by atoms with Gasteiger partial charge in [0.1, 0.15) is 0 Å². The van der Waals surface area contributed by atoms with Crippen molar-refractivity contribution >= 4 is 34.6 Å². The molecule has 0 atom stereocenters. The van der Waals surface area contributed by atoms with Gasteiger partial charge < -0.3 is 4.90 Å². The molecule has 0 aliphatic heterocycles. The van der Waals surface area contributed by atoms with E-state index in [1.54, 1.807) is 12.1 Å². The molecule has 0 heterocycles. The minimum atomic E-state index is 0.552. The van der Waals surface area contributed by atoms with Gasteiger partial charge in [-0.05, 0) is 31.8 Å². The Kier molecular flexibility index (Phi) is 6.25. The van der Waals surface area contributed by atoms with Crippen molar-refractivity contribution in [2.75, 3.05) is 26.1 Å². The summed E-state index contributed by atoms with van der Waals surface area (Å²) in [6.07, 6.45) is 0.825. The van der Waals surface area contributed by atoms with Gasteiger partial charge in [0.2, 0.25) is 0 Å². The molecule has 116 valence electrons. The van der Waals surface area contributed by atoms with E-state index in [4.69, 9.17) is 23.2 Å². The predicted molar refractivity (Wildman–Crippen MR) is 96.2 cm³/mol. The molecule has 0 spiro atoms. The Hall–Kier alpha value is -1.55. The van der Waals surface area contributed by atoms with E-state index in [0.29, 0.717) is 15.7 Å². The molecule has 0 aromatic heterocycles. The van der Waals surface area contributed by atoms with Crippen LogP contribution in [0.4, 0.5) is 5.69 Å². The largest absolute Gasteiger partial charge is 0.309 e. The fourth-order valence-electron chi connectivity index (χ4n) is 1.95. The maximum absolute atomic E-state index is 6.16. The molecule has 0 aliphatic rings. The number of halogens is 2. The first-order valence-corrected chi connectivity index (χ1v) is 7.80. The molecule has 0 radical (unpaired) electrons. The maximum atomic E-state index is 6.16.